The van der Waals surface area contributed by atoms with Crippen molar-refractivity contribution in [3.8, 4) is 0 Å². The third-order valence-corrected chi connectivity index (χ3v) is 2.07. The number of hydrogen-bond acceptors (Lipinski definition) is 1. The Kier molecular flexibility index (Phi) is 7.33. The Balaban J connectivity index is 0.000000921. The Hall–Kier alpha value is -1.31. The molecule has 0 bridgehead atoms. The van der Waals surface area contributed by atoms with Gasteiger partial charge in [-0.25, -0.2) is 0 Å². The van der Waals surface area contributed by atoms with Gasteiger partial charge < -0.3 is 4.90 Å². The Morgan fingerprint density at radius 1 is 1.07 bits per heavy atom. The van der Waals surface area contributed by atoms with Crippen LogP contribution in [-0.2, 0) is 0 Å². The van der Waals surface area contributed by atoms with Crippen LogP contribution in [0.25, 0.3) is 0 Å². The van der Waals surface area contributed by atoms with Gasteiger partial charge in [-0.3, -0.25) is 4.79 Å². The molecule has 1 rings (SSSR count). The molecule has 0 N–H and O–H groups in total. The maximum Gasteiger partial charge on any atom is 0.253 e. The van der Waals surface area contributed by atoms with Crippen LogP contribution in [0, 0.1) is 0 Å². The second-order valence-corrected chi connectivity index (χ2v) is 2.84. The van der Waals surface area contributed by atoms with Gasteiger partial charge in [0, 0.05) is 18.7 Å². The first-order valence-electron chi connectivity index (χ1n) is 5.64. The summed E-state index contributed by atoms with van der Waals surface area (Å²) in [7, 11) is 0. The first kappa shape index (κ1) is 13.7. The van der Waals surface area contributed by atoms with E-state index in [1.165, 1.54) is 0 Å². The van der Waals surface area contributed by atoms with Gasteiger partial charge >= 0.3 is 0 Å². The molecule has 1 aromatic rings. The molecule has 0 aromatic heterocycles. The molecule has 0 heterocycles. The molecule has 15 heavy (non-hydrogen) atoms. The first-order valence-corrected chi connectivity index (χ1v) is 5.64. The second kappa shape index (κ2) is 8.04. The second-order valence-electron chi connectivity index (χ2n) is 2.84. The molecule has 1 aromatic carbocycles. The number of hydrogen-bond donors (Lipinski definition) is 0. The Morgan fingerprint density at radius 2 is 1.53 bits per heavy atom. The van der Waals surface area contributed by atoms with Crippen LogP contribution in [0.5, 0.6) is 0 Å². The summed E-state index contributed by atoms with van der Waals surface area (Å²) in [5.74, 6) is 0.116. The van der Waals surface area contributed by atoms with E-state index in [2.05, 4.69) is 0 Å². The van der Waals surface area contributed by atoms with E-state index in [-0.39, 0.29) is 5.91 Å². The van der Waals surface area contributed by atoms with Crippen molar-refractivity contribution in [3.05, 3.63) is 35.9 Å². The summed E-state index contributed by atoms with van der Waals surface area (Å²) in [6, 6.07) is 9.38. The number of carbonyl (C=O) groups excluding carboxylic acids is 1. The molecule has 84 valence electrons. The molecule has 0 aliphatic heterocycles. The molecule has 2 nitrogen and oxygen atoms in total. The van der Waals surface area contributed by atoms with Crippen molar-refractivity contribution in [1.82, 2.24) is 4.90 Å². The van der Waals surface area contributed by atoms with E-state index in [0.717, 1.165) is 18.7 Å². The highest BCUT2D eigenvalue weighted by molar-refractivity contribution is 5.94. The first-order chi connectivity index (χ1) is 7.29. The maximum absolute atomic E-state index is 11.7. The topological polar surface area (TPSA) is 20.3 Å². The summed E-state index contributed by atoms with van der Waals surface area (Å²) < 4.78 is 0. The van der Waals surface area contributed by atoms with Crippen LogP contribution in [0.3, 0.4) is 0 Å². The highest BCUT2D eigenvalue weighted by atomic mass is 16.2. The number of carbonyl (C=O) groups is 1. The average Bonchev–Trinajstić information content (AvgIpc) is 2.34. The van der Waals surface area contributed by atoms with Gasteiger partial charge in [0.25, 0.3) is 5.91 Å². The van der Waals surface area contributed by atoms with Gasteiger partial charge in [-0.15, -0.1) is 0 Å². The molecule has 0 aliphatic rings. The highest BCUT2D eigenvalue weighted by Crippen LogP contribution is 2.03. The normalized spacial score (nSPS) is 8.80. The van der Waals surface area contributed by atoms with Gasteiger partial charge in [-0.2, -0.15) is 0 Å². The standard InChI is InChI=1S/C11H15NO.C2H6/c1-3-12(4-2)11(13)10-8-6-5-7-9-10;1-2/h5-9H,3-4H2,1-2H3;1-2H3. The minimum absolute atomic E-state index is 0.116. The van der Waals surface area contributed by atoms with Gasteiger partial charge in [-0.05, 0) is 26.0 Å². The summed E-state index contributed by atoms with van der Waals surface area (Å²) in [5, 5.41) is 0. The monoisotopic (exact) mass is 207 g/mol. The van der Waals surface area contributed by atoms with Gasteiger partial charge in [0.15, 0.2) is 0 Å². The SMILES string of the molecule is CC.CCN(CC)C(=O)c1ccccc1. The van der Waals surface area contributed by atoms with Crippen molar-refractivity contribution in [3.63, 3.8) is 0 Å². The molecular formula is C13H21NO. The zero-order chi connectivity index (χ0) is 11.7. The minimum Gasteiger partial charge on any atom is -0.339 e. The van der Waals surface area contributed by atoms with Crippen LogP contribution < -0.4 is 0 Å². The zero-order valence-corrected chi connectivity index (χ0v) is 10.2. The molecule has 1 amide bonds. The molecule has 0 aliphatic carbocycles. The van der Waals surface area contributed by atoms with Crippen molar-refractivity contribution >= 4 is 5.91 Å². The lowest BCUT2D eigenvalue weighted by Gasteiger charge is -2.18. The third-order valence-electron chi connectivity index (χ3n) is 2.07. The number of amides is 1. The summed E-state index contributed by atoms with van der Waals surface area (Å²) in [5.41, 5.74) is 0.770. The van der Waals surface area contributed by atoms with E-state index in [0.29, 0.717) is 0 Å². The molecule has 2 heteroatoms. The summed E-state index contributed by atoms with van der Waals surface area (Å²) in [6.45, 7) is 9.52. The summed E-state index contributed by atoms with van der Waals surface area (Å²) in [4.78, 5) is 13.5. The smallest absolute Gasteiger partial charge is 0.253 e. The van der Waals surface area contributed by atoms with Gasteiger partial charge in [0.1, 0.15) is 0 Å². The summed E-state index contributed by atoms with van der Waals surface area (Å²) in [6.07, 6.45) is 0. The lowest BCUT2D eigenvalue weighted by atomic mass is 10.2. The molecule has 0 atom stereocenters. The van der Waals surface area contributed by atoms with E-state index in [1.54, 1.807) is 0 Å². The van der Waals surface area contributed by atoms with Crippen molar-refractivity contribution < 1.29 is 4.79 Å². The number of rotatable bonds is 3. The molecule has 0 saturated carbocycles. The third kappa shape index (κ3) is 4.15. The van der Waals surface area contributed by atoms with Gasteiger partial charge in [0.05, 0.1) is 0 Å². The predicted octanol–water partition coefficient (Wildman–Crippen LogP) is 3.19. The molecule has 0 spiro atoms. The number of benzene rings is 1. The van der Waals surface area contributed by atoms with Gasteiger partial charge in [-0.1, -0.05) is 32.0 Å². The minimum atomic E-state index is 0.116. The quantitative estimate of drug-likeness (QED) is 0.745. The van der Waals surface area contributed by atoms with Crippen LogP contribution in [0.15, 0.2) is 30.3 Å². The highest BCUT2D eigenvalue weighted by Gasteiger charge is 2.10. The van der Waals surface area contributed by atoms with E-state index in [4.69, 9.17) is 0 Å². The van der Waals surface area contributed by atoms with Crippen LogP contribution in [0.4, 0.5) is 0 Å². The van der Waals surface area contributed by atoms with Crippen molar-refractivity contribution in [2.45, 2.75) is 27.7 Å². The van der Waals surface area contributed by atoms with Gasteiger partial charge in [0.2, 0.25) is 0 Å². The largest absolute Gasteiger partial charge is 0.339 e. The maximum atomic E-state index is 11.7. The van der Waals surface area contributed by atoms with Crippen molar-refractivity contribution in [1.29, 1.82) is 0 Å². The van der Waals surface area contributed by atoms with Crippen LogP contribution in [0.2, 0.25) is 0 Å². The Bertz CT molecular complexity index is 265. The molecule has 0 radical (unpaired) electrons. The van der Waals surface area contributed by atoms with E-state index < -0.39 is 0 Å². The molecule has 0 unspecified atom stereocenters. The Labute approximate surface area is 92.9 Å². The van der Waals surface area contributed by atoms with Crippen LogP contribution in [-0.4, -0.2) is 23.9 Å². The molecular weight excluding hydrogens is 186 g/mol. The van der Waals surface area contributed by atoms with Crippen molar-refractivity contribution in [2.24, 2.45) is 0 Å². The molecule has 0 saturated heterocycles. The lowest BCUT2D eigenvalue weighted by molar-refractivity contribution is 0.0773. The van der Waals surface area contributed by atoms with E-state index >= 15 is 0 Å². The predicted molar refractivity (Wildman–Crippen MR) is 65.0 cm³/mol. The van der Waals surface area contributed by atoms with Crippen LogP contribution >= 0.6 is 0 Å². The van der Waals surface area contributed by atoms with Crippen LogP contribution in [0.1, 0.15) is 38.1 Å². The fourth-order valence-corrected chi connectivity index (χ4v) is 1.27. The molecule has 0 fully saturated rings. The fraction of sp³-hybridized carbons (Fsp3) is 0.462. The van der Waals surface area contributed by atoms with E-state index in [9.17, 15) is 4.79 Å². The lowest BCUT2D eigenvalue weighted by Crippen LogP contribution is -2.30. The summed E-state index contributed by atoms with van der Waals surface area (Å²) >= 11 is 0. The zero-order valence-electron chi connectivity index (χ0n) is 10.2. The number of nitrogens with zero attached hydrogens (tertiary/aromatic N) is 1. The van der Waals surface area contributed by atoms with E-state index in [1.807, 2.05) is 62.9 Å². The Morgan fingerprint density at radius 3 is 1.93 bits per heavy atom. The van der Waals surface area contributed by atoms with Crippen molar-refractivity contribution in [2.75, 3.05) is 13.1 Å². The average molecular weight is 207 g/mol. The fourth-order valence-electron chi connectivity index (χ4n) is 1.27.